The average molecular weight is 429 g/mol. The van der Waals surface area contributed by atoms with E-state index in [1.54, 1.807) is 24.3 Å². The van der Waals surface area contributed by atoms with Gasteiger partial charge in [0.1, 0.15) is 6.33 Å². The van der Waals surface area contributed by atoms with Crippen LogP contribution in [0.25, 0.3) is 22.9 Å². The number of fused-ring (bicyclic) bond motifs is 1. The van der Waals surface area contributed by atoms with Gasteiger partial charge in [0, 0.05) is 12.1 Å². The molecule has 2 aromatic heterocycles. The van der Waals surface area contributed by atoms with E-state index in [0.717, 1.165) is 12.0 Å². The van der Waals surface area contributed by atoms with Crippen molar-refractivity contribution >= 4 is 28.6 Å². The van der Waals surface area contributed by atoms with E-state index in [9.17, 15) is 9.59 Å². The topological polar surface area (TPSA) is 103 Å². The fourth-order valence-corrected chi connectivity index (χ4v) is 3.36. The zero-order chi connectivity index (χ0) is 22.3. The SMILES string of the molecule is CCCCCc1ccc(/C=C/C(=O)Nc2cccc3c(=O)cc(-n4cnnn4)oc23)cc1. The van der Waals surface area contributed by atoms with Crippen LogP contribution in [-0.4, -0.2) is 26.1 Å². The lowest BCUT2D eigenvalue weighted by atomic mass is 10.1. The molecule has 8 nitrogen and oxygen atoms in total. The highest BCUT2D eigenvalue weighted by molar-refractivity contribution is 6.06. The Labute approximate surface area is 184 Å². The number of para-hydroxylation sites is 1. The first-order chi connectivity index (χ1) is 15.6. The second kappa shape index (κ2) is 9.82. The van der Waals surface area contributed by atoms with Crippen molar-refractivity contribution in [2.45, 2.75) is 32.6 Å². The molecule has 8 heteroatoms. The van der Waals surface area contributed by atoms with Crippen LogP contribution in [0.1, 0.15) is 37.3 Å². The Hall–Kier alpha value is -4.07. The third-order valence-electron chi connectivity index (χ3n) is 5.05. The summed E-state index contributed by atoms with van der Waals surface area (Å²) in [7, 11) is 0. The summed E-state index contributed by atoms with van der Waals surface area (Å²) in [6, 6.07) is 14.5. The molecule has 0 atom stereocenters. The van der Waals surface area contributed by atoms with Gasteiger partial charge in [-0.15, -0.1) is 5.10 Å². The van der Waals surface area contributed by atoms with Crippen molar-refractivity contribution in [1.82, 2.24) is 20.2 Å². The second-order valence-corrected chi connectivity index (χ2v) is 7.41. The number of nitrogens with one attached hydrogen (secondary N) is 1. The van der Waals surface area contributed by atoms with Crippen molar-refractivity contribution in [2.75, 3.05) is 5.32 Å². The number of carbonyl (C=O) groups is 1. The van der Waals surface area contributed by atoms with Crippen LogP contribution in [-0.2, 0) is 11.2 Å². The van der Waals surface area contributed by atoms with Crippen molar-refractivity contribution in [3.05, 3.63) is 82.3 Å². The Morgan fingerprint density at radius 1 is 1.16 bits per heavy atom. The Kier molecular flexibility index (Phi) is 6.50. The van der Waals surface area contributed by atoms with Crippen molar-refractivity contribution in [3.8, 4) is 5.88 Å². The van der Waals surface area contributed by atoms with Gasteiger partial charge in [-0.2, -0.15) is 4.68 Å². The van der Waals surface area contributed by atoms with Gasteiger partial charge in [0.2, 0.25) is 11.8 Å². The minimum Gasteiger partial charge on any atom is -0.436 e. The number of nitrogens with zero attached hydrogens (tertiary/aromatic N) is 4. The summed E-state index contributed by atoms with van der Waals surface area (Å²) >= 11 is 0. The summed E-state index contributed by atoms with van der Waals surface area (Å²) in [5.74, 6) is -0.177. The quantitative estimate of drug-likeness (QED) is 0.333. The highest BCUT2D eigenvalue weighted by atomic mass is 16.4. The number of aromatic nitrogens is 4. The zero-order valence-electron chi connectivity index (χ0n) is 17.7. The summed E-state index contributed by atoms with van der Waals surface area (Å²) in [5, 5.41) is 14.0. The molecule has 4 aromatic rings. The number of hydrogen-bond acceptors (Lipinski definition) is 6. The van der Waals surface area contributed by atoms with Crippen LogP contribution < -0.4 is 10.7 Å². The molecule has 4 rings (SSSR count). The van der Waals surface area contributed by atoms with E-state index in [2.05, 4.69) is 39.9 Å². The molecule has 0 aliphatic rings. The summed E-state index contributed by atoms with van der Waals surface area (Å²) in [4.78, 5) is 25.0. The number of anilines is 1. The molecule has 0 spiro atoms. The first-order valence-corrected chi connectivity index (χ1v) is 10.5. The molecule has 0 saturated carbocycles. The van der Waals surface area contributed by atoms with Gasteiger partial charge >= 0.3 is 0 Å². The number of rotatable bonds is 8. The molecule has 32 heavy (non-hydrogen) atoms. The third kappa shape index (κ3) is 4.97. The lowest BCUT2D eigenvalue weighted by molar-refractivity contribution is -0.111. The number of tetrazole rings is 1. The fourth-order valence-electron chi connectivity index (χ4n) is 3.36. The second-order valence-electron chi connectivity index (χ2n) is 7.41. The first kappa shape index (κ1) is 21.2. The van der Waals surface area contributed by atoms with E-state index >= 15 is 0 Å². The molecule has 0 aliphatic heterocycles. The Morgan fingerprint density at radius 2 is 2.00 bits per heavy atom. The number of unbranched alkanes of at least 4 members (excludes halogenated alkanes) is 2. The van der Waals surface area contributed by atoms with Crippen molar-refractivity contribution < 1.29 is 9.21 Å². The highest BCUT2D eigenvalue weighted by Gasteiger charge is 2.12. The zero-order valence-corrected chi connectivity index (χ0v) is 17.7. The van der Waals surface area contributed by atoms with E-state index in [4.69, 9.17) is 4.42 Å². The molecule has 2 heterocycles. The Bertz CT molecular complexity index is 1290. The molecule has 0 aliphatic carbocycles. The standard InChI is InChI=1S/C24H23N5O3/c1-2-3-4-6-17-9-11-18(12-10-17)13-14-22(31)26-20-8-5-7-19-21(30)15-23(32-24(19)20)29-16-25-27-28-29/h5,7-16H,2-4,6H2,1H3,(H,26,31)/b14-13+. The average Bonchev–Trinajstić information content (AvgIpc) is 3.34. The lowest BCUT2D eigenvalue weighted by Gasteiger charge is -2.07. The minimum absolute atomic E-state index is 0.156. The van der Waals surface area contributed by atoms with Crippen LogP contribution in [0, 0.1) is 0 Å². The molecule has 0 fully saturated rings. The van der Waals surface area contributed by atoms with Gasteiger partial charge in [0.05, 0.1) is 11.1 Å². The van der Waals surface area contributed by atoms with Crippen LogP contribution in [0.15, 0.2) is 70.1 Å². The van der Waals surface area contributed by atoms with Crippen molar-refractivity contribution in [2.24, 2.45) is 0 Å². The Balaban J connectivity index is 1.50. The Morgan fingerprint density at radius 3 is 2.75 bits per heavy atom. The molecule has 1 N–H and O–H groups in total. The summed E-state index contributed by atoms with van der Waals surface area (Å²) < 4.78 is 7.06. The van der Waals surface area contributed by atoms with Gasteiger partial charge in [-0.3, -0.25) is 9.59 Å². The molecular formula is C24H23N5O3. The van der Waals surface area contributed by atoms with Gasteiger partial charge in [-0.05, 0) is 52.6 Å². The number of hydrogen-bond donors (Lipinski definition) is 1. The van der Waals surface area contributed by atoms with Crippen LogP contribution in [0.4, 0.5) is 5.69 Å². The van der Waals surface area contributed by atoms with E-state index < -0.39 is 0 Å². The summed E-state index contributed by atoms with van der Waals surface area (Å²) in [5.41, 5.74) is 2.61. The molecule has 0 bridgehead atoms. The maximum Gasteiger partial charge on any atom is 0.248 e. The monoisotopic (exact) mass is 429 g/mol. The van der Waals surface area contributed by atoms with Crippen LogP contribution in [0.2, 0.25) is 0 Å². The molecular weight excluding hydrogens is 406 g/mol. The molecule has 1 amide bonds. The smallest absolute Gasteiger partial charge is 0.248 e. The van der Waals surface area contributed by atoms with Gasteiger partial charge in [0.15, 0.2) is 11.0 Å². The molecule has 0 saturated heterocycles. The predicted octanol–water partition coefficient (Wildman–Crippen LogP) is 4.15. The van der Waals surface area contributed by atoms with Gasteiger partial charge in [0.25, 0.3) is 0 Å². The van der Waals surface area contributed by atoms with Crippen LogP contribution in [0.5, 0.6) is 0 Å². The molecule has 2 aromatic carbocycles. The van der Waals surface area contributed by atoms with Crippen molar-refractivity contribution in [3.63, 3.8) is 0 Å². The third-order valence-corrected chi connectivity index (χ3v) is 5.05. The van der Waals surface area contributed by atoms with Gasteiger partial charge < -0.3 is 9.73 Å². The van der Waals surface area contributed by atoms with Crippen LogP contribution >= 0.6 is 0 Å². The molecule has 0 radical (unpaired) electrons. The van der Waals surface area contributed by atoms with E-state index in [0.29, 0.717) is 11.1 Å². The maximum atomic E-state index is 12.5. The minimum atomic E-state index is -0.333. The van der Waals surface area contributed by atoms with Crippen molar-refractivity contribution in [1.29, 1.82) is 0 Å². The van der Waals surface area contributed by atoms with Gasteiger partial charge in [-0.1, -0.05) is 50.1 Å². The van der Waals surface area contributed by atoms with Crippen LogP contribution in [0.3, 0.4) is 0 Å². The maximum absolute atomic E-state index is 12.5. The van der Waals surface area contributed by atoms with E-state index in [1.807, 2.05) is 12.1 Å². The summed E-state index contributed by atoms with van der Waals surface area (Å²) in [6.07, 6.45) is 9.21. The molecule has 162 valence electrons. The largest absolute Gasteiger partial charge is 0.436 e. The van der Waals surface area contributed by atoms with E-state index in [1.165, 1.54) is 48.0 Å². The number of amides is 1. The normalized spacial score (nSPS) is 11.3. The predicted molar refractivity (Wildman–Crippen MR) is 123 cm³/mol. The van der Waals surface area contributed by atoms with E-state index in [-0.39, 0.29) is 22.8 Å². The first-order valence-electron chi connectivity index (χ1n) is 10.5. The lowest BCUT2D eigenvalue weighted by Crippen LogP contribution is -2.10. The summed E-state index contributed by atoms with van der Waals surface area (Å²) in [6.45, 7) is 2.19. The molecule has 0 unspecified atom stereocenters. The van der Waals surface area contributed by atoms with Gasteiger partial charge in [-0.25, -0.2) is 0 Å². The number of aryl methyl sites for hydroxylation is 1. The highest BCUT2D eigenvalue weighted by Crippen LogP contribution is 2.23. The fraction of sp³-hybridized carbons (Fsp3) is 0.208. The number of benzene rings is 2. The number of carbonyl (C=O) groups excluding carboxylic acids is 1.